The fourth-order valence-electron chi connectivity index (χ4n) is 10.9. The van der Waals surface area contributed by atoms with Crippen LogP contribution in [0.4, 0.5) is 0 Å². The Balaban J connectivity index is 1.59. The fourth-order valence-corrected chi connectivity index (χ4v) is 10.9. The number of aliphatic hydroxyl groups is 3. The largest absolute Gasteiger partial charge is 0.396 e. The van der Waals surface area contributed by atoms with Gasteiger partial charge in [-0.2, -0.15) is 0 Å². The van der Waals surface area contributed by atoms with Crippen LogP contribution in [0, 0.1) is 56.7 Å². The Hall–Kier alpha value is -0.380. The number of allylic oxidation sites excluding steroid dienone is 2. The summed E-state index contributed by atoms with van der Waals surface area (Å²) in [6, 6.07) is 0. The molecule has 33 heavy (non-hydrogen) atoms. The molecule has 5 rings (SSSR count). The third-order valence-corrected chi connectivity index (χ3v) is 13.6. The van der Waals surface area contributed by atoms with Crippen LogP contribution in [0.1, 0.15) is 99.3 Å². The van der Waals surface area contributed by atoms with Crippen LogP contribution < -0.4 is 0 Å². The molecular weight excluding hydrogens is 408 g/mol. The molecule has 0 bridgehead atoms. The van der Waals surface area contributed by atoms with Gasteiger partial charge in [0.05, 0.1) is 12.7 Å². The van der Waals surface area contributed by atoms with E-state index in [1.54, 1.807) is 5.57 Å². The maximum absolute atomic E-state index is 10.9. The van der Waals surface area contributed by atoms with Gasteiger partial charge in [0.15, 0.2) is 0 Å². The lowest BCUT2D eigenvalue weighted by Crippen LogP contribution is -2.66. The summed E-state index contributed by atoms with van der Waals surface area (Å²) in [6.07, 6.45) is 12.4. The minimum Gasteiger partial charge on any atom is -0.396 e. The Morgan fingerprint density at radius 1 is 0.848 bits per heavy atom. The fraction of sp³-hybridized carbons (Fsp3) is 0.933. The summed E-state index contributed by atoms with van der Waals surface area (Å²) in [6.45, 7) is 15.2. The quantitative estimate of drug-likeness (QED) is 0.447. The first-order valence-corrected chi connectivity index (χ1v) is 14.0. The topological polar surface area (TPSA) is 60.7 Å². The predicted molar refractivity (Wildman–Crippen MR) is 133 cm³/mol. The summed E-state index contributed by atoms with van der Waals surface area (Å²) in [5.41, 5.74) is 1.99. The summed E-state index contributed by atoms with van der Waals surface area (Å²) in [4.78, 5) is 0. The van der Waals surface area contributed by atoms with E-state index in [1.807, 2.05) is 0 Å². The van der Waals surface area contributed by atoms with Crippen LogP contribution in [0.15, 0.2) is 11.6 Å². The first-order valence-electron chi connectivity index (χ1n) is 14.0. The smallest absolute Gasteiger partial charge is 0.0618 e. The highest BCUT2D eigenvalue weighted by Gasteiger charge is 2.68. The highest BCUT2D eigenvalue weighted by Crippen LogP contribution is 2.75. The highest BCUT2D eigenvalue weighted by atomic mass is 16.3. The monoisotopic (exact) mass is 458 g/mol. The number of aliphatic hydroxyl groups excluding tert-OH is 3. The van der Waals surface area contributed by atoms with Gasteiger partial charge in [-0.1, -0.05) is 53.2 Å². The molecular formula is C30H50O3. The van der Waals surface area contributed by atoms with E-state index in [1.165, 1.54) is 25.7 Å². The van der Waals surface area contributed by atoms with Crippen LogP contribution in [0.2, 0.25) is 0 Å². The summed E-state index contributed by atoms with van der Waals surface area (Å²) < 4.78 is 0. The van der Waals surface area contributed by atoms with E-state index >= 15 is 0 Å². The normalized spacial score (nSPS) is 58.4. The lowest BCUT2D eigenvalue weighted by molar-refractivity contribution is -0.217. The van der Waals surface area contributed by atoms with E-state index < -0.39 is 0 Å². The van der Waals surface area contributed by atoms with E-state index in [4.69, 9.17) is 0 Å². The van der Waals surface area contributed by atoms with Crippen molar-refractivity contribution >= 4 is 0 Å². The van der Waals surface area contributed by atoms with E-state index in [0.29, 0.717) is 30.3 Å². The summed E-state index contributed by atoms with van der Waals surface area (Å²) in [5.74, 6) is 2.84. The number of rotatable bonds is 2. The van der Waals surface area contributed by atoms with E-state index in [9.17, 15) is 15.3 Å². The Morgan fingerprint density at radius 3 is 2.24 bits per heavy atom. The second-order valence-electron chi connectivity index (χ2n) is 14.4. The number of hydrogen-bond acceptors (Lipinski definition) is 3. The third-order valence-electron chi connectivity index (χ3n) is 13.6. The molecule has 5 aliphatic carbocycles. The second kappa shape index (κ2) is 7.56. The summed E-state index contributed by atoms with van der Waals surface area (Å²) in [5, 5.41) is 32.0. The molecule has 0 radical (unpaired) electrons. The van der Waals surface area contributed by atoms with E-state index in [2.05, 4.69) is 47.6 Å². The average molecular weight is 459 g/mol. The molecule has 3 nitrogen and oxygen atoms in total. The molecule has 4 saturated carbocycles. The van der Waals surface area contributed by atoms with Crippen molar-refractivity contribution in [3.63, 3.8) is 0 Å². The Bertz CT molecular complexity index is 821. The van der Waals surface area contributed by atoms with Gasteiger partial charge in [0.1, 0.15) is 0 Å². The Labute approximate surface area is 202 Å². The van der Waals surface area contributed by atoms with Gasteiger partial charge >= 0.3 is 0 Å². The minimum atomic E-state index is -0.389. The van der Waals surface area contributed by atoms with Crippen LogP contribution in [-0.4, -0.2) is 34.6 Å². The Kier molecular flexibility index (Phi) is 5.57. The molecule has 5 aliphatic rings. The van der Waals surface area contributed by atoms with E-state index in [0.717, 1.165) is 38.0 Å². The van der Waals surface area contributed by atoms with Crippen LogP contribution in [-0.2, 0) is 0 Å². The van der Waals surface area contributed by atoms with Crippen molar-refractivity contribution in [1.29, 1.82) is 0 Å². The number of fused-ring (bicyclic) bond motifs is 7. The predicted octanol–water partition coefficient (Wildman–Crippen LogP) is 5.97. The summed E-state index contributed by atoms with van der Waals surface area (Å²) in [7, 11) is 0. The van der Waals surface area contributed by atoms with Crippen molar-refractivity contribution in [2.24, 2.45) is 56.7 Å². The highest BCUT2D eigenvalue weighted by molar-refractivity contribution is 5.34. The van der Waals surface area contributed by atoms with Gasteiger partial charge in [-0.05, 0) is 104 Å². The molecule has 11 atom stereocenters. The maximum Gasteiger partial charge on any atom is 0.0618 e. The van der Waals surface area contributed by atoms with Crippen molar-refractivity contribution in [2.45, 2.75) is 105 Å². The van der Waals surface area contributed by atoms with Gasteiger partial charge in [0, 0.05) is 17.4 Å². The number of hydrogen-bond donors (Lipinski definition) is 3. The van der Waals surface area contributed by atoms with E-state index in [-0.39, 0.29) is 39.8 Å². The van der Waals surface area contributed by atoms with Gasteiger partial charge < -0.3 is 15.3 Å². The van der Waals surface area contributed by atoms with Gasteiger partial charge in [-0.15, -0.1) is 0 Å². The molecule has 0 amide bonds. The van der Waals surface area contributed by atoms with Crippen LogP contribution in [0.5, 0.6) is 0 Å². The average Bonchev–Trinajstić information content (AvgIpc) is 2.79. The summed E-state index contributed by atoms with van der Waals surface area (Å²) >= 11 is 0. The molecule has 3 N–H and O–H groups in total. The molecule has 0 aromatic heterocycles. The lowest BCUT2D eigenvalue weighted by Gasteiger charge is -2.71. The van der Waals surface area contributed by atoms with Crippen LogP contribution in [0.25, 0.3) is 0 Å². The first-order chi connectivity index (χ1) is 15.4. The molecule has 0 spiro atoms. The van der Waals surface area contributed by atoms with Crippen molar-refractivity contribution in [3.8, 4) is 0 Å². The van der Waals surface area contributed by atoms with Gasteiger partial charge in [-0.3, -0.25) is 0 Å². The van der Waals surface area contributed by atoms with Gasteiger partial charge in [0.25, 0.3) is 0 Å². The molecule has 0 heterocycles. The molecule has 4 fully saturated rings. The molecule has 0 aromatic rings. The van der Waals surface area contributed by atoms with Crippen molar-refractivity contribution in [2.75, 3.05) is 13.2 Å². The zero-order valence-electron chi connectivity index (χ0n) is 22.2. The zero-order chi connectivity index (χ0) is 24.0. The lowest BCUT2D eigenvalue weighted by atomic mass is 9.33. The van der Waals surface area contributed by atoms with Gasteiger partial charge in [-0.25, -0.2) is 0 Å². The van der Waals surface area contributed by atoms with Crippen molar-refractivity contribution in [3.05, 3.63) is 11.6 Å². The van der Waals surface area contributed by atoms with Crippen LogP contribution >= 0.6 is 0 Å². The molecule has 188 valence electrons. The van der Waals surface area contributed by atoms with Crippen molar-refractivity contribution in [1.82, 2.24) is 0 Å². The third kappa shape index (κ3) is 2.85. The van der Waals surface area contributed by atoms with Crippen LogP contribution in [0.3, 0.4) is 0 Å². The SMILES string of the molecule is C[C@H]1[C@H](C)CC[C@]2(CO)CC[C@]3(C)C(=CC[C@@H]4[C@@]5(C)CC[C@H](O)[C@@](C)(CO)[C@@H]5CC[C@]43C)[C@H]12. The standard InChI is InChI=1S/C30H50O3/c1-19-9-14-30(18-32)16-15-28(5)21(25(30)20(19)2)7-8-23-26(3)12-11-24(33)27(4,17-31)22(26)10-13-29(23,28)6/h7,19-20,22-25,31-33H,8-18H2,1-6H3/t19-,20+,22-,23-,24+,25+,26+,27+,28-,29-,30-/m1/s1. The van der Waals surface area contributed by atoms with Crippen molar-refractivity contribution < 1.29 is 15.3 Å². The molecule has 3 heteroatoms. The maximum atomic E-state index is 10.9. The second-order valence-corrected chi connectivity index (χ2v) is 14.4. The van der Waals surface area contributed by atoms with Gasteiger partial charge in [0.2, 0.25) is 0 Å². The minimum absolute atomic E-state index is 0.0893. The molecule has 0 aromatic carbocycles. The Morgan fingerprint density at radius 2 is 1.58 bits per heavy atom. The molecule has 0 unspecified atom stereocenters. The zero-order valence-corrected chi connectivity index (χ0v) is 22.2. The first kappa shape index (κ1) is 24.3. The molecule has 0 aliphatic heterocycles. The molecule has 0 saturated heterocycles.